The third-order valence-corrected chi connectivity index (χ3v) is 9.24. The Morgan fingerprint density at radius 3 is 2.40 bits per heavy atom. The van der Waals surface area contributed by atoms with Crippen molar-refractivity contribution in [3.05, 3.63) is 105 Å². The van der Waals surface area contributed by atoms with E-state index in [9.17, 15) is 27.9 Å². The van der Waals surface area contributed by atoms with Crippen molar-refractivity contribution in [3.63, 3.8) is 0 Å². The Kier molecular flexibility index (Phi) is 14.8. The number of anilines is 1. The third kappa shape index (κ3) is 10.8. The van der Waals surface area contributed by atoms with Crippen LogP contribution in [0.15, 0.2) is 76.5 Å². The van der Waals surface area contributed by atoms with Crippen molar-refractivity contribution in [2.45, 2.75) is 46.0 Å². The number of carbonyl (C=O) groups excluding carboxylic acids is 2. The number of halogens is 4. The van der Waals surface area contributed by atoms with Gasteiger partial charge in [0.25, 0.3) is 11.8 Å². The van der Waals surface area contributed by atoms with Gasteiger partial charge in [-0.2, -0.15) is 18.3 Å². The highest BCUT2D eigenvalue weighted by Crippen LogP contribution is 2.34. The third-order valence-electron chi connectivity index (χ3n) is 8.93. The largest absolute Gasteiger partial charge is 0.504 e. The molecule has 5 rings (SSSR count). The molecule has 2 amide bonds. The molecule has 1 aromatic heterocycles. The normalized spacial score (nSPS) is 14.4. The number of amides is 2. The summed E-state index contributed by atoms with van der Waals surface area (Å²) in [6.45, 7) is 17.6. The van der Waals surface area contributed by atoms with Crippen LogP contribution in [0.2, 0.25) is 5.02 Å². The Morgan fingerprint density at radius 1 is 1.07 bits per heavy atom. The van der Waals surface area contributed by atoms with Gasteiger partial charge in [0.15, 0.2) is 11.4 Å². The summed E-state index contributed by atoms with van der Waals surface area (Å²) in [6, 6.07) is 9.30. The fraction of sp³-hybridized carbons (Fsp3) is 0.368. The van der Waals surface area contributed by atoms with Gasteiger partial charge >= 0.3 is 6.18 Å². The molecular formula is C38H45ClF3N9O4. The van der Waals surface area contributed by atoms with Gasteiger partial charge < -0.3 is 30.3 Å². The van der Waals surface area contributed by atoms with Crippen molar-refractivity contribution in [1.82, 2.24) is 30.1 Å². The number of hydrogen-bond acceptors (Lipinski definition) is 11. The molecule has 1 saturated heterocycles. The number of piperazine rings is 1. The van der Waals surface area contributed by atoms with Gasteiger partial charge in [0.2, 0.25) is 0 Å². The summed E-state index contributed by atoms with van der Waals surface area (Å²) in [7, 11) is 1.69. The zero-order valence-corrected chi connectivity index (χ0v) is 31.8. The van der Waals surface area contributed by atoms with Crippen molar-refractivity contribution in [2.75, 3.05) is 51.7 Å². The van der Waals surface area contributed by atoms with Gasteiger partial charge in [-0.3, -0.25) is 14.6 Å². The molecule has 0 radical (unpaired) electrons. The number of nitrogens with zero attached hydrogens (tertiary/aromatic N) is 7. The summed E-state index contributed by atoms with van der Waals surface area (Å²) in [5.41, 5.74) is 4.63. The number of aryl methyl sites for hydroxylation is 1. The van der Waals surface area contributed by atoms with E-state index in [1.165, 1.54) is 34.0 Å². The number of hydrazone groups is 1. The average molecular weight is 784 g/mol. The van der Waals surface area contributed by atoms with Crippen molar-refractivity contribution in [3.8, 4) is 5.75 Å². The molecule has 294 valence electrons. The molecule has 0 unspecified atom stereocenters. The van der Waals surface area contributed by atoms with Crippen LogP contribution in [-0.4, -0.2) is 102 Å². The van der Waals surface area contributed by atoms with E-state index >= 15 is 0 Å². The maximum absolute atomic E-state index is 13.8. The number of hydrogen-bond donors (Lipinski definition) is 3. The number of rotatable bonds is 12. The number of benzene rings is 2. The molecule has 17 heteroatoms. The number of ether oxygens (including phenoxy) is 1. The molecule has 3 heterocycles. The van der Waals surface area contributed by atoms with Gasteiger partial charge in [0, 0.05) is 51.3 Å². The molecule has 2 aliphatic heterocycles. The zero-order valence-electron chi connectivity index (χ0n) is 31.0. The molecule has 1 fully saturated rings. The number of aromatic hydroxyl groups is 1. The molecule has 2 aliphatic rings. The van der Waals surface area contributed by atoms with Crippen LogP contribution in [0.25, 0.3) is 0 Å². The van der Waals surface area contributed by atoms with Crippen LogP contribution in [0, 0.1) is 6.92 Å². The van der Waals surface area contributed by atoms with Crippen molar-refractivity contribution >= 4 is 42.5 Å². The van der Waals surface area contributed by atoms with Crippen LogP contribution in [0.5, 0.6) is 5.75 Å². The van der Waals surface area contributed by atoms with Crippen LogP contribution in [0.4, 0.5) is 18.9 Å². The molecule has 0 bridgehead atoms. The number of nitrogens with one attached hydrogen (secondary N) is 2. The minimum atomic E-state index is -4.54. The Bertz CT molecular complexity index is 1930. The standard InChI is InChI=1S/C27H32ClF3N8O3.C11H13NO/c1-6-20(32-4)23(37-9-11-38(12-10-37)25(41)22-24(40)17(3)34-15-35-22)26(42)39(33-5)14-16(2)36-21-8-7-18(13-19(21)28)27(29,30)31;1-12-7-9-2-3-11-8-13-5-4-10(11)6-9/h7-8,13,15,32,36,40H,2,5-6,9-12,14H2,1,3-4H3;2-3,6H,1,4-5,7-8H2/b23-20+;. The molecule has 0 aliphatic carbocycles. The fourth-order valence-electron chi connectivity index (χ4n) is 5.98. The molecule has 13 nitrogen and oxygen atoms in total. The molecule has 0 spiro atoms. The van der Waals surface area contributed by atoms with Gasteiger partial charge in [-0.25, -0.2) is 15.0 Å². The van der Waals surface area contributed by atoms with E-state index in [0.717, 1.165) is 36.8 Å². The van der Waals surface area contributed by atoms with E-state index in [0.29, 0.717) is 37.4 Å². The van der Waals surface area contributed by atoms with E-state index < -0.39 is 23.6 Å². The first kappa shape index (κ1) is 42.3. The minimum absolute atomic E-state index is 0.0894. The first-order chi connectivity index (χ1) is 26.2. The fourth-order valence-corrected chi connectivity index (χ4v) is 6.21. The van der Waals surface area contributed by atoms with Crippen LogP contribution in [0.3, 0.4) is 0 Å². The summed E-state index contributed by atoms with van der Waals surface area (Å²) in [5, 5.41) is 20.9. The highest BCUT2D eigenvalue weighted by molar-refractivity contribution is 6.33. The highest BCUT2D eigenvalue weighted by Gasteiger charge is 2.33. The number of aliphatic imine (C=N–C) groups is 1. The lowest BCUT2D eigenvalue weighted by molar-refractivity contribution is -0.137. The minimum Gasteiger partial charge on any atom is -0.504 e. The highest BCUT2D eigenvalue weighted by atomic mass is 35.5. The molecule has 2 aromatic carbocycles. The monoisotopic (exact) mass is 783 g/mol. The molecular weight excluding hydrogens is 739 g/mol. The van der Waals surface area contributed by atoms with Gasteiger partial charge in [-0.05, 0) is 61.4 Å². The second-order valence-corrected chi connectivity index (χ2v) is 13.0. The number of fused-ring (bicyclic) bond motifs is 1. The van der Waals surface area contributed by atoms with Crippen LogP contribution in [-0.2, 0) is 35.3 Å². The van der Waals surface area contributed by atoms with Crippen molar-refractivity contribution in [1.29, 1.82) is 0 Å². The topological polar surface area (TPSA) is 148 Å². The van der Waals surface area contributed by atoms with E-state index in [1.807, 2.05) is 11.8 Å². The quantitative estimate of drug-likeness (QED) is 0.118. The number of allylic oxidation sites excluding steroid dienone is 1. The predicted molar refractivity (Wildman–Crippen MR) is 206 cm³/mol. The van der Waals surface area contributed by atoms with Crippen molar-refractivity contribution < 1.29 is 32.6 Å². The molecule has 3 aromatic rings. The van der Waals surface area contributed by atoms with E-state index in [2.05, 4.69) is 68.9 Å². The Morgan fingerprint density at radius 2 is 1.78 bits per heavy atom. The summed E-state index contributed by atoms with van der Waals surface area (Å²) < 4.78 is 44.3. The summed E-state index contributed by atoms with van der Waals surface area (Å²) >= 11 is 6.04. The molecule has 3 N–H and O–H groups in total. The summed E-state index contributed by atoms with van der Waals surface area (Å²) in [6.07, 6.45) is -1.82. The average Bonchev–Trinajstić information content (AvgIpc) is 3.17. The number of aromatic nitrogens is 2. The lowest BCUT2D eigenvalue weighted by Crippen LogP contribution is -2.51. The predicted octanol–water partition coefficient (Wildman–Crippen LogP) is 5.79. The van der Waals surface area contributed by atoms with Crippen LogP contribution in [0.1, 0.15) is 51.8 Å². The zero-order chi connectivity index (χ0) is 40.3. The maximum atomic E-state index is 13.8. The van der Waals surface area contributed by atoms with E-state index in [1.54, 1.807) is 14.0 Å². The first-order valence-electron chi connectivity index (χ1n) is 17.4. The van der Waals surface area contributed by atoms with Gasteiger partial charge in [0.1, 0.15) is 12.0 Å². The van der Waals surface area contributed by atoms with Crippen LogP contribution >= 0.6 is 11.6 Å². The molecule has 0 atom stereocenters. The summed E-state index contributed by atoms with van der Waals surface area (Å²) in [4.78, 5) is 41.8. The number of alkyl halides is 3. The lowest BCUT2D eigenvalue weighted by atomic mass is 10.0. The molecule has 0 saturated carbocycles. The second-order valence-electron chi connectivity index (χ2n) is 12.6. The Hall–Kier alpha value is -5.48. The maximum Gasteiger partial charge on any atom is 0.416 e. The number of carbonyl (C=O) groups is 2. The summed E-state index contributed by atoms with van der Waals surface area (Å²) in [5.74, 6) is -1.22. The van der Waals surface area contributed by atoms with Crippen molar-refractivity contribution in [2.24, 2.45) is 10.1 Å². The smallest absolute Gasteiger partial charge is 0.416 e. The van der Waals surface area contributed by atoms with E-state index in [4.69, 9.17) is 16.3 Å². The first-order valence-corrected chi connectivity index (χ1v) is 17.8. The van der Waals surface area contributed by atoms with Gasteiger partial charge in [-0.15, -0.1) is 0 Å². The molecule has 55 heavy (non-hydrogen) atoms. The SMILES string of the molecule is C=NCc1ccc2c(c1)CCOC2.C=NN(CC(=C)Nc1ccc(C(F)(F)F)cc1Cl)C(=O)/C(=C(/CC)NC)N1CCN(C(=O)c2ncnc(C)c2O)CC1. The Balaban J connectivity index is 0.000000431. The lowest BCUT2D eigenvalue weighted by Gasteiger charge is -2.38. The van der Waals surface area contributed by atoms with E-state index in [-0.39, 0.29) is 53.2 Å². The second kappa shape index (κ2) is 19.2. The van der Waals surface area contributed by atoms with Crippen LogP contribution < -0.4 is 10.6 Å². The van der Waals surface area contributed by atoms with Gasteiger partial charge in [0.05, 0.1) is 48.3 Å². The van der Waals surface area contributed by atoms with Gasteiger partial charge in [-0.1, -0.05) is 43.3 Å². The Labute approximate surface area is 323 Å².